The summed E-state index contributed by atoms with van der Waals surface area (Å²) in [6.07, 6.45) is 0.586. The lowest BCUT2D eigenvalue weighted by Crippen LogP contribution is -2.24. The van der Waals surface area contributed by atoms with Crippen molar-refractivity contribution in [2.75, 3.05) is 20.0 Å². The first-order valence-electron chi connectivity index (χ1n) is 5.45. The Hall–Kier alpha value is -1.26. The topological polar surface area (TPSA) is 18.5 Å². The molecule has 0 unspecified atom stereocenters. The molecule has 1 fully saturated rings. The van der Waals surface area contributed by atoms with E-state index in [1.165, 1.54) is 12.1 Å². The zero-order chi connectivity index (χ0) is 12.3. The Labute approximate surface area is 98.8 Å². The molecule has 0 N–H and O–H groups in total. The van der Waals surface area contributed by atoms with Gasteiger partial charge in [0.05, 0.1) is 13.2 Å². The zero-order valence-electron chi connectivity index (χ0n) is 9.42. The standard InChI is InChI=1S/C13H14F2O2/c1-9(4-10-6-16-8-17-7-10)12-3-2-11(14)5-13(12)15/h2-3,5,10H,1,4,6-8H2. The normalized spacial score (nSPS) is 17.1. The first kappa shape index (κ1) is 12.2. The molecular weight excluding hydrogens is 226 g/mol. The largest absolute Gasteiger partial charge is 0.355 e. The van der Waals surface area contributed by atoms with Crippen LogP contribution < -0.4 is 0 Å². The number of benzene rings is 1. The van der Waals surface area contributed by atoms with Crippen molar-refractivity contribution < 1.29 is 18.3 Å². The van der Waals surface area contributed by atoms with Crippen molar-refractivity contribution >= 4 is 5.57 Å². The number of hydrogen-bond acceptors (Lipinski definition) is 2. The van der Waals surface area contributed by atoms with Gasteiger partial charge in [-0.05, 0) is 24.1 Å². The van der Waals surface area contributed by atoms with Gasteiger partial charge in [-0.3, -0.25) is 0 Å². The highest BCUT2D eigenvalue weighted by Gasteiger charge is 2.17. The lowest BCUT2D eigenvalue weighted by molar-refractivity contribution is -0.124. The molecule has 1 aromatic rings. The molecule has 4 heteroatoms. The van der Waals surface area contributed by atoms with Crippen LogP contribution in [0.2, 0.25) is 0 Å². The van der Waals surface area contributed by atoms with Gasteiger partial charge in [-0.15, -0.1) is 0 Å². The number of rotatable bonds is 3. The second-order valence-electron chi connectivity index (χ2n) is 4.16. The Balaban J connectivity index is 2.03. The van der Waals surface area contributed by atoms with Gasteiger partial charge in [0, 0.05) is 17.5 Å². The van der Waals surface area contributed by atoms with Gasteiger partial charge in [0.15, 0.2) is 0 Å². The zero-order valence-corrected chi connectivity index (χ0v) is 9.42. The van der Waals surface area contributed by atoms with E-state index in [0.717, 1.165) is 6.07 Å². The van der Waals surface area contributed by atoms with Gasteiger partial charge in [0.25, 0.3) is 0 Å². The highest BCUT2D eigenvalue weighted by molar-refractivity contribution is 5.63. The molecule has 0 amide bonds. The Kier molecular flexibility index (Phi) is 3.86. The second-order valence-corrected chi connectivity index (χ2v) is 4.16. The molecule has 1 aliphatic heterocycles. The summed E-state index contributed by atoms with van der Waals surface area (Å²) in [5.41, 5.74) is 0.999. The minimum Gasteiger partial charge on any atom is -0.355 e. The minimum atomic E-state index is -0.580. The van der Waals surface area contributed by atoms with Crippen molar-refractivity contribution in [2.24, 2.45) is 5.92 Å². The van der Waals surface area contributed by atoms with Gasteiger partial charge in [0.2, 0.25) is 0 Å². The molecule has 2 rings (SSSR count). The van der Waals surface area contributed by atoms with Crippen molar-refractivity contribution in [3.05, 3.63) is 42.0 Å². The Bertz CT molecular complexity index is 412. The van der Waals surface area contributed by atoms with E-state index in [1.54, 1.807) is 0 Å². The molecule has 0 saturated carbocycles. The van der Waals surface area contributed by atoms with Crippen molar-refractivity contribution in [1.29, 1.82) is 0 Å². The molecular formula is C13H14F2O2. The fourth-order valence-corrected chi connectivity index (χ4v) is 1.89. The molecule has 1 aromatic carbocycles. The smallest absolute Gasteiger partial charge is 0.146 e. The van der Waals surface area contributed by atoms with Crippen molar-refractivity contribution in [1.82, 2.24) is 0 Å². The summed E-state index contributed by atoms with van der Waals surface area (Å²) >= 11 is 0. The molecule has 0 spiro atoms. The van der Waals surface area contributed by atoms with Crippen LogP contribution in [0, 0.1) is 17.6 Å². The van der Waals surface area contributed by atoms with Crippen LogP contribution in [0.4, 0.5) is 8.78 Å². The van der Waals surface area contributed by atoms with Crippen molar-refractivity contribution in [3.63, 3.8) is 0 Å². The number of hydrogen-bond donors (Lipinski definition) is 0. The summed E-state index contributed by atoms with van der Waals surface area (Å²) < 4.78 is 36.6. The Morgan fingerprint density at radius 1 is 1.29 bits per heavy atom. The summed E-state index contributed by atoms with van der Waals surface area (Å²) in [5.74, 6) is -0.975. The van der Waals surface area contributed by atoms with E-state index in [4.69, 9.17) is 9.47 Å². The maximum atomic E-state index is 13.5. The average molecular weight is 240 g/mol. The van der Waals surface area contributed by atoms with Gasteiger partial charge < -0.3 is 9.47 Å². The van der Waals surface area contributed by atoms with Crippen LogP contribution >= 0.6 is 0 Å². The van der Waals surface area contributed by atoms with Gasteiger partial charge in [-0.25, -0.2) is 8.78 Å². The fraction of sp³-hybridized carbons (Fsp3) is 0.385. The lowest BCUT2D eigenvalue weighted by atomic mass is 9.96. The van der Waals surface area contributed by atoms with E-state index in [-0.39, 0.29) is 5.92 Å². The maximum absolute atomic E-state index is 13.5. The summed E-state index contributed by atoms with van der Waals surface area (Å²) in [6.45, 7) is 5.32. The van der Waals surface area contributed by atoms with Crippen LogP contribution in [0.15, 0.2) is 24.8 Å². The molecule has 0 atom stereocenters. The Morgan fingerprint density at radius 3 is 2.65 bits per heavy atom. The molecule has 0 radical (unpaired) electrons. The van der Waals surface area contributed by atoms with Crippen LogP contribution in [-0.2, 0) is 9.47 Å². The summed E-state index contributed by atoms with van der Waals surface area (Å²) in [6, 6.07) is 3.52. The third-order valence-electron chi connectivity index (χ3n) is 2.72. The van der Waals surface area contributed by atoms with E-state index in [1.807, 2.05) is 0 Å². The van der Waals surface area contributed by atoms with Gasteiger partial charge >= 0.3 is 0 Å². The molecule has 92 valence electrons. The van der Waals surface area contributed by atoms with E-state index < -0.39 is 11.6 Å². The SMILES string of the molecule is C=C(CC1COCOC1)c1ccc(F)cc1F. The molecule has 1 heterocycles. The summed E-state index contributed by atoms with van der Waals surface area (Å²) in [5, 5.41) is 0. The van der Waals surface area contributed by atoms with Gasteiger partial charge in [0.1, 0.15) is 18.4 Å². The molecule has 0 aliphatic carbocycles. The predicted octanol–water partition coefficient (Wildman–Crippen LogP) is 2.99. The highest BCUT2D eigenvalue weighted by Crippen LogP contribution is 2.25. The van der Waals surface area contributed by atoms with Gasteiger partial charge in [-0.1, -0.05) is 6.58 Å². The van der Waals surface area contributed by atoms with Crippen LogP contribution in [0.1, 0.15) is 12.0 Å². The van der Waals surface area contributed by atoms with E-state index in [2.05, 4.69) is 6.58 Å². The van der Waals surface area contributed by atoms with Crippen LogP contribution in [0.25, 0.3) is 5.57 Å². The van der Waals surface area contributed by atoms with E-state index in [9.17, 15) is 8.78 Å². The van der Waals surface area contributed by atoms with Crippen molar-refractivity contribution in [2.45, 2.75) is 6.42 Å². The van der Waals surface area contributed by atoms with Crippen LogP contribution in [0.3, 0.4) is 0 Å². The second kappa shape index (κ2) is 5.38. The van der Waals surface area contributed by atoms with Gasteiger partial charge in [-0.2, -0.15) is 0 Å². The van der Waals surface area contributed by atoms with Crippen LogP contribution in [-0.4, -0.2) is 20.0 Å². The Morgan fingerprint density at radius 2 is 2.00 bits per heavy atom. The summed E-state index contributed by atoms with van der Waals surface area (Å²) in [4.78, 5) is 0. The third kappa shape index (κ3) is 3.11. The molecule has 1 saturated heterocycles. The number of allylic oxidation sites excluding steroid dienone is 1. The van der Waals surface area contributed by atoms with Crippen molar-refractivity contribution in [3.8, 4) is 0 Å². The fourth-order valence-electron chi connectivity index (χ4n) is 1.89. The minimum absolute atomic E-state index is 0.181. The molecule has 0 bridgehead atoms. The van der Waals surface area contributed by atoms with Crippen LogP contribution in [0.5, 0.6) is 0 Å². The monoisotopic (exact) mass is 240 g/mol. The first-order chi connectivity index (χ1) is 8.16. The van der Waals surface area contributed by atoms with E-state index in [0.29, 0.717) is 37.6 Å². The molecule has 1 aliphatic rings. The predicted molar refractivity (Wildman–Crippen MR) is 60.3 cm³/mol. The summed E-state index contributed by atoms with van der Waals surface area (Å²) in [7, 11) is 0. The average Bonchev–Trinajstić information content (AvgIpc) is 2.30. The molecule has 0 aromatic heterocycles. The molecule has 2 nitrogen and oxygen atoms in total. The third-order valence-corrected chi connectivity index (χ3v) is 2.72. The lowest BCUT2D eigenvalue weighted by Gasteiger charge is -2.23. The highest BCUT2D eigenvalue weighted by atomic mass is 19.1. The maximum Gasteiger partial charge on any atom is 0.146 e. The number of halogens is 2. The first-order valence-corrected chi connectivity index (χ1v) is 5.45. The number of ether oxygens (including phenoxy) is 2. The molecule has 17 heavy (non-hydrogen) atoms. The van der Waals surface area contributed by atoms with E-state index >= 15 is 0 Å². The quantitative estimate of drug-likeness (QED) is 0.808.